The van der Waals surface area contributed by atoms with Crippen LogP contribution in [-0.4, -0.2) is 63.4 Å². The number of anilines is 1. The van der Waals surface area contributed by atoms with Crippen molar-refractivity contribution in [2.24, 2.45) is 0 Å². The SMILES string of the molecule is CCN1CCN(C(=O)CN(c2cccc(Cl)c2)S(=O)(=O)c2ccc(Cl)cc2)CC1. The molecule has 2 aromatic carbocycles. The molecule has 0 bridgehead atoms. The Kier molecular flexibility index (Phi) is 7.05. The normalized spacial score (nSPS) is 15.3. The molecule has 1 heterocycles. The highest BCUT2D eigenvalue weighted by molar-refractivity contribution is 7.92. The molecule has 0 saturated carbocycles. The number of sulfonamides is 1. The second kappa shape index (κ2) is 9.34. The summed E-state index contributed by atoms with van der Waals surface area (Å²) < 4.78 is 27.8. The number of carbonyl (C=O) groups is 1. The van der Waals surface area contributed by atoms with Gasteiger partial charge in [0.2, 0.25) is 5.91 Å². The van der Waals surface area contributed by atoms with Gasteiger partial charge in [-0.2, -0.15) is 0 Å². The number of halogens is 2. The van der Waals surface area contributed by atoms with Crippen LogP contribution in [0.5, 0.6) is 0 Å². The smallest absolute Gasteiger partial charge is 0.264 e. The molecule has 1 saturated heterocycles. The van der Waals surface area contributed by atoms with Gasteiger partial charge in [-0.05, 0) is 49.0 Å². The topological polar surface area (TPSA) is 60.9 Å². The predicted molar refractivity (Wildman–Crippen MR) is 116 cm³/mol. The standard InChI is InChI=1S/C20H23Cl2N3O3S/c1-2-23-10-12-24(13-11-23)20(26)15-25(18-5-3-4-17(22)14-18)29(27,28)19-8-6-16(21)7-9-19/h3-9,14H,2,10-13,15H2,1H3. The fraction of sp³-hybridized carbons (Fsp3) is 0.350. The van der Waals surface area contributed by atoms with Crippen molar-refractivity contribution in [2.45, 2.75) is 11.8 Å². The van der Waals surface area contributed by atoms with E-state index in [1.165, 1.54) is 30.3 Å². The van der Waals surface area contributed by atoms with Crippen molar-refractivity contribution in [1.82, 2.24) is 9.80 Å². The first-order chi connectivity index (χ1) is 13.8. The summed E-state index contributed by atoms with van der Waals surface area (Å²) in [4.78, 5) is 17.0. The van der Waals surface area contributed by atoms with Crippen LogP contribution in [0.2, 0.25) is 10.0 Å². The number of piperazine rings is 1. The average Bonchev–Trinajstić information content (AvgIpc) is 2.72. The van der Waals surface area contributed by atoms with Gasteiger partial charge in [0.1, 0.15) is 6.54 Å². The Morgan fingerprint density at radius 1 is 1.00 bits per heavy atom. The zero-order valence-electron chi connectivity index (χ0n) is 16.1. The van der Waals surface area contributed by atoms with E-state index in [-0.39, 0.29) is 17.3 Å². The van der Waals surface area contributed by atoms with Gasteiger partial charge in [-0.25, -0.2) is 8.42 Å². The summed E-state index contributed by atoms with van der Waals surface area (Å²) in [7, 11) is -3.98. The maximum atomic E-state index is 13.3. The van der Waals surface area contributed by atoms with E-state index < -0.39 is 10.0 Å². The Labute approximate surface area is 181 Å². The Hall–Kier alpha value is -1.80. The van der Waals surface area contributed by atoms with Crippen molar-refractivity contribution < 1.29 is 13.2 Å². The lowest BCUT2D eigenvalue weighted by molar-refractivity contribution is -0.131. The van der Waals surface area contributed by atoms with E-state index in [9.17, 15) is 13.2 Å². The van der Waals surface area contributed by atoms with E-state index in [0.29, 0.717) is 28.8 Å². The van der Waals surface area contributed by atoms with E-state index in [2.05, 4.69) is 11.8 Å². The summed E-state index contributed by atoms with van der Waals surface area (Å²) in [6.45, 7) is 5.44. The molecule has 29 heavy (non-hydrogen) atoms. The van der Waals surface area contributed by atoms with Gasteiger partial charge in [0.25, 0.3) is 10.0 Å². The van der Waals surface area contributed by atoms with Gasteiger partial charge in [-0.15, -0.1) is 0 Å². The van der Waals surface area contributed by atoms with Crippen molar-refractivity contribution in [3.05, 3.63) is 58.6 Å². The average molecular weight is 456 g/mol. The monoisotopic (exact) mass is 455 g/mol. The summed E-state index contributed by atoms with van der Waals surface area (Å²) in [6.07, 6.45) is 0. The summed E-state index contributed by atoms with van der Waals surface area (Å²) in [5.74, 6) is -0.238. The van der Waals surface area contributed by atoms with E-state index in [0.717, 1.165) is 23.9 Å². The summed E-state index contributed by atoms with van der Waals surface area (Å²) >= 11 is 12.0. The number of hydrogen-bond acceptors (Lipinski definition) is 4. The largest absolute Gasteiger partial charge is 0.339 e. The second-order valence-electron chi connectivity index (χ2n) is 6.76. The van der Waals surface area contributed by atoms with E-state index >= 15 is 0 Å². The van der Waals surface area contributed by atoms with Crippen LogP contribution in [-0.2, 0) is 14.8 Å². The highest BCUT2D eigenvalue weighted by Crippen LogP contribution is 2.27. The molecule has 0 aliphatic carbocycles. The molecule has 0 unspecified atom stereocenters. The molecule has 0 atom stereocenters. The summed E-state index contributed by atoms with van der Waals surface area (Å²) in [5.41, 5.74) is 0.341. The van der Waals surface area contributed by atoms with Crippen LogP contribution < -0.4 is 4.31 Å². The van der Waals surface area contributed by atoms with Crippen LogP contribution >= 0.6 is 23.2 Å². The Balaban J connectivity index is 1.90. The molecular formula is C20H23Cl2N3O3S. The maximum absolute atomic E-state index is 13.3. The minimum Gasteiger partial charge on any atom is -0.339 e. The highest BCUT2D eigenvalue weighted by atomic mass is 35.5. The van der Waals surface area contributed by atoms with Gasteiger partial charge < -0.3 is 9.80 Å². The fourth-order valence-electron chi connectivity index (χ4n) is 3.22. The molecule has 0 spiro atoms. The van der Waals surface area contributed by atoms with Gasteiger partial charge in [-0.1, -0.05) is 36.2 Å². The minimum atomic E-state index is -3.98. The lowest BCUT2D eigenvalue weighted by Crippen LogP contribution is -2.51. The second-order valence-corrected chi connectivity index (χ2v) is 9.50. The van der Waals surface area contributed by atoms with Crippen molar-refractivity contribution >= 4 is 44.8 Å². The predicted octanol–water partition coefficient (Wildman–Crippen LogP) is 3.35. The van der Waals surface area contributed by atoms with Crippen molar-refractivity contribution in [3.63, 3.8) is 0 Å². The van der Waals surface area contributed by atoms with Gasteiger partial charge in [-0.3, -0.25) is 9.10 Å². The van der Waals surface area contributed by atoms with E-state index in [4.69, 9.17) is 23.2 Å². The van der Waals surface area contributed by atoms with Crippen LogP contribution in [0.15, 0.2) is 53.4 Å². The van der Waals surface area contributed by atoms with Crippen molar-refractivity contribution in [1.29, 1.82) is 0 Å². The van der Waals surface area contributed by atoms with E-state index in [1.54, 1.807) is 23.1 Å². The number of likely N-dealkylation sites (N-methyl/N-ethyl adjacent to an activating group) is 1. The lowest BCUT2D eigenvalue weighted by atomic mass is 10.3. The highest BCUT2D eigenvalue weighted by Gasteiger charge is 2.30. The number of carbonyl (C=O) groups excluding carboxylic acids is 1. The molecule has 3 rings (SSSR count). The molecular weight excluding hydrogens is 433 g/mol. The van der Waals surface area contributed by atoms with Crippen molar-refractivity contribution in [2.75, 3.05) is 43.6 Å². The molecule has 1 aliphatic heterocycles. The van der Waals surface area contributed by atoms with Crippen molar-refractivity contribution in [3.8, 4) is 0 Å². The third-order valence-corrected chi connectivity index (χ3v) is 7.22. The molecule has 1 fully saturated rings. The number of amides is 1. The molecule has 9 heteroatoms. The number of nitrogens with zero attached hydrogens (tertiary/aromatic N) is 3. The Bertz CT molecular complexity index is 959. The molecule has 1 amide bonds. The fourth-order valence-corrected chi connectivity index (χ4v) is 4.93. The van der Waals surface area contributed by atoms with Gasteiger partial charge in [0.05, 0.1) is 10.6 Å². The molecule has 1 aliphatic rings. The molecule has 156 valence electrons. The quantitative estimate of drug-likeness (QED) is 0.669. The van der Waals surface area contributed by atoms with Gasteiger partial charge in [0, 0.05) is 36.2 Å². The van der Waals surface area contributed by atoms with Crippen LogP contribution in [0, 0.1) is 0 Å². The first-order valence-electron chi connectivity index (χ1n) is 9.35. The molecule has 0 radical (unpaired) electrons. The first kappa shape index (κ1) is 21.9. The van der Waals surface area contributed by atoms with Gasteiger partial charge >= 0.3 is 0 Å². The number of rotatable bonds is 6. The molecule has 0 aromatic heterocycles. The van der Waals surface area contributed by atoms with Gasteiger partial charge in [0.15, 0.2) is 0 Å². The van der Waals surface area contributed by atoms with Crippen LogP contribution in [0.25, 0.3) is 0 Å². The third kappa shape index (κ3) is 5.22. The summed E-state index contributed by atoms with van der Waals surface area (Å²) in [6, 6.07) is 12.4. The maximum Gasteiger partial charge on any atom is 0.264 e. The van der Waals surface area contributed by atoms with Crippen LogP contribution in [0.4, 0.5) is 5.69 Å². The zero-order valence-corrected chi connectivity index (χ0v) is 18.4. The summed E-state index contributed by atoms with van der Waals surface area (Å²) in [5, 5.41) is 0.825. The Morgan fingerprint density at radius 2 is 1.66 bits per heavy atom. The number of benzene rings is 2. The first-order valence-corrected chi connectivity index (χ1v) is 11.5. The van der Waals surface area contributed by atoms with E-state index in [1.807, 2.05) is 0 Å². The zero-order chi connectivity index (χ0) is 21.0. The molecule has 6 nitrogen and oxygen atoms in total. The van der Waals surface area contributed by atoms with Crippen LogP contribution in [0.1, 0.15) is 6.92 Å². The minimum absolute atomic E-state index is 0.0606. The molecule has 2 aromatic rings. The molecule has 0 N–H and O–H groups in total. The number of hydrogen-bond donors (Lipinski definition) is 0. The lowest BCUT2D eigenvalue weighted by Gasteiger charge is -2.35. The Morgan fingerprint density at radius 3 is 2.24 bits per heavy atom. The van der Waals surface area contributed by atoms with Crippen LogP contribution in [0.3, 0.4) is 0 Å². The third-order valence-electron chi connectivity index (χ3n) is 4.95.